The summed E-state index contributed by atoms with van der Waals surface area (Å²) in [4.78, 5) is 51.6. The van der Waals surface area contributed by atoms with Gasteiger partial charge in [-0.15, -0.1) is 0 Å². The van der Waals surface area contributed by atoms with E-state index < -0.39 is 28.3 Å². The lowest BCUT2D eigenvalue weighted by molar-refractivity contribution is -0.380. The van der Waals surface area contributed by atoms with E-state index in [2.05, 4.69) is 15.6 Å². The van der Waals surface area contributed by atoms with E-state index in [9.17, 15) is 29.6 Å². The van der Waals surface area contributed by atoms with Gasteiger partial charge >= 0.3 is 11.0 Å². The Bertz CT molecular complexity index is 916. The van der Waals surface area contributed by atoms with Crippen LogP contribution in [0, 0.1) is 10.1 Å². The molecule has 0 saturated heterocycles. The molecule has 3 N–H and O–H groups in total. The van der Waals surface area contributed by atoms with Crippen LogP contribution in [0.4, 0.5) is 10.1 Å². The van der Waals surface area contributed by atoms with Crippen molar-refractivity contribution in [2.24, 2.45) is 0 Å². The second-order valence-electron chi connectivity index (χ2n) is 6.23. The number of benzene rings is 1. The number of carbonyl (C=O) groups is 3. The highest BCUT2D eigenvalue weighted by Crippen LogP contribution is 2.33. The maximum atomic E-state index is 13.2. The number of aliphatic carboxylic acids is 1. The maximum absolute atomic E-state index is 13.2. The van der Waals surface area contributed by atoms with Gasteiger partial charge in [-0.1, -0.05) is 37.3 Å². The summed E-state index contributed by atoms with van der Waals surface area (Å²) < 4.78 is 0. The van der Waals surface area contributed by atoms with Gasteiger partial charge in [-0.2, -0.15) is 0 Å². The number of aromatic nitrogens is 1. The molecule has 2 aromatic rings. The number of nitro groups is 1. The van der Waals surface area contributed by atoms with Gasteiger partial charge in [-0.05, 0) is 30.2 Å². The van der Waals surface area contributed by atoms with Crippen LogP contribution >= 0.6 is 11.3 Å². The van der Waals surface area contributed by atoms with Gasteiger partial charge in [0.2, 0.25) is 11.8 Å². The molecule has 29 heavy (non-hydrogen) atoms. The molecule has 2 amide bonds. The number of carboxylic acid groups (broad SMARTS) is 1. The van der Waals surface area contributed by atoms with E-state index >= 15 is 0 Å². The zero-order valence-corrected chi connectivity index (χ0v) is 16.6. The number of hydrogen-bond donors (Lipinski definition) is 3. The third-order valence-electron chi connectivity index (χ3n) is 4.32. The lowest BCUT2D eigenvalue weighted by Crippen LogP contribution is -2.60. The van der Waals surface area contributed by atoms with E-state index in [1.54, 1.807) is 25.1 Å². The van der Waals surface area contributed by atoms with E-state index in [0.717, 1.165) is 6.20 Å². The minimum Gasteiger partial charge on any atom is -0.480 e. The van der Waals surface area contributed by atoms with E-state index in [1.807, 2.05) is 0 Å². The largest absolute Gasteiger partial charge is 0.480 e. The average Bonchev–Trinajstić information content (AvgIpc) is 3.12. The van der Waals surface area contributed by atoms with Crippen LogP contribution in [0.15, 0.2) is 36.5 Å². The number of carboxylic acids is 1. The molecule has 0 bridgehead atoms. The minimum absolute atomic E-state index is 0.115. The van der Waals surface area contributed by atoms with Crippen LogP contribution in [-0.4, -0.2) is 38.8 Å². The van der Waals surface area contributed by atoms with Crippen molar-refractivity contribution in [3.63, 3.8) is 0 Å². The fourth-order valence-corrected chi connectivity index (χ4v) is 3.56. The third-order valence-corrected chi connectivity index (χ3v) is 5.19. The minimum atomic E-state index is -2.18. The predicted molar refractivity (Wildman–Crippen MR) is 106 cm³/mol. The molecule has 0 aliphatic carbocycles. The summed E-state index contributed by atoms with van der Waals surface area (Å²) in [5.74, 6) is -2.83. The van der Waals surface area contributed by atoms with Crippen molar-refractivity contribution in [1.29, 1.82) is 0 Å². The summed E-state index contributed by atoms with van der Waals surface area (Å²) in [6, 6.07) is 6.65. The van der Waals surface area contributed by atoms with Gasteiger partial charge in [0.15, 0.2) is 10.5 Å². The van der Waals surface area contributed by atoms with Crippen LogP contribution < -0.4 is 10.6 Å². The second-order valence-corrected chi connectivity index (χ2v) is 7.24. The van der Waals surface area contributed by atoms with Crippen molar-refractivity contribution in [2.75, 3.05) is 5.32 Å². The number of thiazole rings is 1. The fourth-order valence-electron chi connectivity index (χ4n) is 2.94. The first-order chi connectivity index (χ1) is 13.7. The van der Waals surface area contributed by atoms with Crippen LogP contribution in [0.1, 0.15) is 32.3 Å². The highest BCUT2D eigenvalue weighted by molar-refractivity contribution is 7.18. The lowest BCUT2D eigenvalue weighted by atomic mass is 9.73. The molecule has 0 radical (unpaired) electrons. The van der Waals surface area contributed by atoms with Crippen LogP contribution in [0.25, 0.3) is 0 Å². The Balaban J connectivity index is 2.49. The average molecular weight is 420 g/mol. The monoisotopic (exact) mass is 420 g/mol. The van der Waals surface area contributed by atoms with Crippen molar-refractivity contribution in [2.45, 2.75) is 38.1 Å². The first-order valence-electron chi connectivity index (χ1n) is 8.73. The Morgan fingerprint density at radius 3 is 2.48 bits per heavy atom. The summed E-state index contributed by atoms with van der Waals surface area (Å²) in [5.41, 5.74) is -2.02. The number of carbonyl (C=O) groups excluding carboxylic acids is 2. The molecule has 1 aromatic carbocycles. The molecule has 1 heterocycles. The lowest BCUT2D eigenvalue weighted by Gasteiger charge is -2.34. The molecule has 0 spiro atoms. The molecule has 10 nitrogen and oxygen atoms in total. The number of hydrogen-bond acceptors (Lipinski definition) is 7. The van der Waals surface area contributed by atoms with Crippen molar-refractivity contribution < 1.29 is 24.4 Å². The number of amides is 2. The summed E-state index contributed by atoms with van der Waals surface area (Å²) in [5, 5.41) is 25.5. The van der Waals surface area contributed by atoms with Crippen molar-refractivity contribution in [3.05, 3.63) is 52.2 Å². The Labute approximate surface area is 170 Å². The predicted octanol–water partition coefficient (Wildman–Crippen LogP) is 2.32. The van der Waals surface area contributed by atoms with Gasteiger partial charge in [0, 0.05) is 6.42 Å². The highest BCUT2D eigenvalue weighted by Gasteiger charge is 2.53. The zero-order valence-electron chi connectivity index (χ0n) is 15.7. The van der Waals surface area contributed by atoms with E-state index in [1.165, 1.54) is 19.1 Å². The Kier molecular flexibility index (Phi) is 6.99. The van der Waals surface area contributed by atoms with Gasteiger partial charge in [-0.3, -0.25) is 24.5 Å². The van der Waals surface area contributed by atoms with E-state index in [-0.39, 0.29) is 28.0 Å². The quantitative estimate of drug-likeness (QED) is 0.320. The molecule has 154 valence electrons. The highest BCUT2D eigenvalue weighted by atomic mass is 32.1. The van der Waals surface area contributed by atoms with Gasteiger partial charge in [0.25, 0.3) is 0 Å². The smallest absolute Gasteiger partial charge is 0.345 e. The van der Waals surface area contributed by atoms with Crippen molar-refractivity contribution in [1.82, 2.24) is 10.3 Å². The number of rotatable bonds is 9. The maximum Gasteiger partial charge on any atom is 0.345 e. The molecule has 2 unspecified atom stereocenters. The SMILES string of the molecule is CCCC(=O)NC(C)C(C(=O)O)(C(=O)Nc1ncc([N+](=O)[O-])s1)c1ccccc1. The van der Waals surface area contributed by atoms with E-state index in [4.69, 9.17) is 0 Å². The number of nitrogens with one attached hydrogen (secondary N) is 2. The summed E-state index contributed by atoms with van der Waals surface area (Å²) in [6.07, 6.45) is 1.70. The first-order valence-corrected chi connectivity index (χ1v) is 9.55. The Hall–Kier alpha value is -3.34. The molecule has 0 saturated carbocycles. The van der Waals surface area contributed by atoms with Gasteiger partial charge in [0.05, 0.1) is 11.0 Å². The molecule has 0 aliphatic heterocycles. The number of nitrogens with zero attached hydrogens (tertiary/aromatic N) is 2. The molecule has 2 atom stereocenters. The topological polar surface area (TPSA) is 152 Å². The van der Waals surface area contributed by atoms with Gasteiger partial charge < -0.3 is 15.7 Å². The molecule has 0 fully saturated rings. The van der Waals surface area contributed by atoms with Gasteiger partial charge in [-0.25, -0.2) is 4.98 Å². The van der Waals surface area contributed by atoms with Crippen LogP contribution in [-0.2, 0) is 19.8 Å². The Morgan fingerprint density at radius 2 is 1.97 bits per heavy atom. The molecular weight excluding hydrogens is 400 g/mol. The fraction of sp³-hybridized carbons (Fsp3) is 0.333. The molecule has 0 aliphatic rings. The molecular formula is C18H20N4O6S. The first kappa shape index (κ1) is 22.0. The third kappa shape index (κ3) is 4.57. The number of anilines is 1. The summed E-state index contributed by atoms with van der Waals surface area (Å²) in [6.45, 7) is 3.23. The Morgan fingerprint density at radius 1 is 1.31 bits per heavy atom. The summed E-state index contributed by atoms with van der Waals surface area (Å²) in [7, 11) is 0. The summed E-state index contributed by atoms with van der Waals surface area (Å²) >= 11 is 0.604. The molecule has 1 aromatic heterocycles. The van der Waals surface area contributed by atoms with Crippen molar-refractivity contribution in [3.8, 4) is 0 Å². The van der Waals surface area contributed by atoms with Crippen molar-refractivity contribution >= 4 is 39.3 Å². The van der Waals surface area contributed by atoms with Crippen LogP contribution in [0.2, 0.25) is 0 Å². The standard InChI is InChI=1S/C18H20N4O6S/c1-3-7-13(23)20-11(2)18(16(25)26,12-8-5-4-6-9-12)15(24)21-17-19-10-14(29-17)22(27)28/h4-6,8-11H,3,7H2,1-2H3,(H,20,23)(H,25,26)(H,19,21,24). The second kappa shape index (κ2) is 9.24. The molecule has 2 rings (SSSR count). The van der Waals surface area contributed by atoms with E-state index in [0.29, 0.717) is 17.8 Å². The zero-order chi connectivity index (χ0) is 21.6. The van der Waals surface area contributed by atoms with Crippen LogP contribution in [0.3, 0.4) is 0 Å². The molecule has 11 heteroatoms. The van der Waals surface area contributed by atoms with Gasteiger partial charge in [0.1, 0.15) is 6.20 Å². The van der Waals surface area contributed by atoms with Crippen LogP contribution in [0.5, 0.6) is 0 Å². The normalized spacial score (nSPS) is 13.7.